The van der Waals surface area contributed by atoms with Crippen molar-refractivity contribution in [2.45, 2.75) is 58.5 Å². The number of nitrogens with two attached hydrogens (primary N) is 1. The van der Waals surface area contributed by atoms with Crippen molar-refractivity contribution in [1.29, 1.82) is 0 Å². The number of benzene rings is 1. The number of thiophene rings is 1. The minimum Gasteiger partial charge on any atom is -0.483 e. The number of hydrogen-bond acceptors (Lipinski definition) is 9. The number of aromatic nitrogens is 3. The average Bonchev–Trinajstić information content (AvgIpc) is 3.40. The largest absolute Gasteiger partial charge is 0.483 e. The third-order valence-corrected chi connectivity index (χ3v) is 7.98. The van der Waals surface area contributed by atoms with Crippen LogP contribution < -0.4 is 15.8 Å². The molecule has 10 nitrogen and oxygen atoms in total. The van der Waals surface area contributed by atoms with E-state index in [1.165, 1.54) is 0 Å². The number of carbonyl (C=O) groups excluding carboxylic acids is 3. The summed E-state index contributed by atoms with van der Waals surface area (Å²) in [6.45, 7) is 12.9. The molecule has 0 saturated carbocycles. The van der Waals surface area contributed by atoms with Crippen molar-refractivity contribution in [3.8, 4) is 5.75 Å². The maximum Gasteiger partial charge on any atom is 0.341 e. The van der Waals surface area contributed by atoms with E-state index in [9.17, 15) is 14.4 Å². The molecule has 0 spiro atoms. The van der Waals surface area contributed by atoms with Gasteiger partial charge in [0.05, 0.1) is 22.3 Å². The van der Waals surface area contributed by atoms with Crippen LogP contribution in [-0.4, -0.2) is 44.4 Å². The average molecular weight is 592 g/mol. The van der Waals surface area contributed by atoms with Crippen LogP contribution >= 0.6 is 34.7 Å². The Morgan fingerprint density at radius 3 is 2.59 bits per heavy atom. The highest BCUT2D eigenvalue weighted by Crippen LogP contribution is 2.34. The molecule has 0 fully saturated rings. The quantitative estimate of drug-likeness (QED) is 0.164. The molecule has 13 heteroatoms. The van der Waals surface area contributed by atoms with Gasteiger partial charge in [-0.3, -0.25) is 14.2 Å². The maximum atomic E-state index is 12.9. The molecule has 2 aromatic heterocycles. The van der Waals surface area contributed by atoms with Gasteiger partial charge in [-0.15, -0.1) is 28.1 Å². The predicted molar refractivity (Wildman–Crippen MR) is 153 cm³/mol. The zero-order valence-corrected chi connectivity index (χ0v) is 24.6. The number of thioether (sulfide) groups is 1. The van der Waals surface area contributed by atoms with E-state index in [0.717, 1.165) is 28.7 Å². The Kier molecular flexibility index (Phi) is 10.2. The first kappa shape index (κ1) is 30.2. The van der Waals surface area contributed by atoms with Crippen molar-refractivity contribution in [2.75, 3.05) is 11.1 Å². The molecular formula is C26H30ClN5O5S2. The summed E-state index contributed by atoms with van der Waals surface area (Å²) in [5.41, 5.74) is 6.82. The van der Waals surface area contributed by atoms with Gasteiger partial charge in [0.1, 0.15) is 10.8 Å². The van der Waals surface area contributed by atoms with Gasteiger partial charge in [-0.25, -0.2) is 4.79 Å². The summed E-state index contributed by atoms with van der Waals surface area (Å²) in [5, 5.41) is 12.6. The highest BCUT2D eigenvalue weighted by molar-refractivity contribution is 7.99. The first-order valence-electron chi connectivity index (χ1n) is 12.0. The molecule has 0 saturated heterocycles. The zero-order valence-electron chi connectivity index (χ0n) is 22.2. The number of nitrogens with one attached hydrogen (secondary N) is 1. The van der Waals surface area contributed by atoms with Crippen LogP contribution in [0.5, 0.6) is 5.75 Å². The number of nitrogens with zero attached hydrogens (tertiary/aromatic N) is 3. The number of ether oxygens (including phenoxy) is 2. The molecule has 1 unspecified atom stereocenters. The Morgan fingerprint density at radius 2 is 1.97 bits per heavy atom. The minimum atomic E-state index is -0.693. The molecule has 3 rings (SSSR count). The smallest absolute Gasteiger partial charge is 0.341 e. The number of amides is 2. The number of halogens is 1. The van der Waals surface area contributed by atoms with Gasteiger partial charge in [0.25, 0.3) is 5.91 Å². The summed E-state index contributed by atoms with van der Waals surface area (Å²) < 4.78 is 13.2. The lowest BCUT2D eigenvalue weighted by Gasteiger charge is -2.16. The van der Waals surface area contributed by atoms with Crippen molar-refractivity contribution in [3.63, 3.8) is 0 Å². The molecule has 39 heavy (non-hydrogen) atoms. The van der Waals surface area contributed by atoms with Crippen LogP contribution in [-0.2, 0) is 16.1 Å². The van der Waals surface area contributed by atoms with Gasteiger partial charge >= 0.3 is 5.97 Å². The molecule has 0 aliphatic rings. The fourth-order valence-electron chi connectivity index (χ4n) is 3.60. The fraction of sp³-hybridized carbons (Fsp3) is 0.346. The van der Waals surface area contributed by atoms with Crippen molar-refractivity contribution in [1.82, 2.24) is 14.8 Å². The van der Waals surface area contributed by atoms with Gasteiger partial charge in [-0.05, 0) is 63.9 Å². The van der Waals surface area contributed by atoms with Crippen molar-refractivity contribution in [2.24, 2.45) is 5.73 Å². The summed E-state index contributed by atoms with van der Waals surface area (Å²) in [4.78, 5) is 37.6. The third-order valence-electron chi connectivity index (χ3n) is 5.37. The molecule has 0 radical (unpaired) electrons. The van der Waals surface area contributed by atoms with E-state index in [2.05, 4.69) is 22.1 Å². The molecule has 3 aromatic rings. The number of primary amides is 1. The van der Waals surface area contributed by atoms with Gasteiger partial charge in [0.15, 0.2) is 17.1 Å². The van der Waals surface area contributed by atoms with E-state index in [0.29, 0.717) is 33.9 Å². The lowest BCUT2D eigenvalue weighted by molar-refractivity contribution is -0.113. The van der Waals surface area contributed by atoms with Crippen LogP contribution in [0.3, 0.4) is 0 Å². The van der Waals surface area contributed by atoms with Gasteiger partial charge in [0.2, 0.25) is 5.91 Å². The van der Waals surface area contributed by atoms with Gasteiger partial charge in [-0.2, -0.15) is 0 Å². The molecule has 1 atom stereocenters. The van der Waals surface area contributed by atoms with Crippen molar-refractivity contribution >= 4 is 57.5 Å². The number of carbonyl (C=O) groups is 3. The molecular weight excluding hydrogens is 562 g/mol. The van der Waals surface area contributed by atoms with Crippen LogP contribution in [0.25, 0.3) is 0 Å². The second-order valence-corrected chi connectivity index (χ2v) is 11.2. The van der Waals surface area contributed by atoms with E-state index >= 15 is 0 Å². The standard InChI is InChI=1S/C26H30ClN5O5S2/c1-7-10-32-23(16(6)37-17-8-9-18(27)14(4)11-17)30-31-26(32)38-12-19(33)29-24-20(25(35)36-13(2)3)15(5)21(39-24)22(28)34/h7-9,11,13,16H,1,10,12H2,2-6H3,(H2,28,34)(H,29,33). The molecule has 208 valence electrons. The number of hydrogen-bond donors (Lipinski definition) is 2. The third kappa shape index (κ3) is 7.40. The van der Waals surface area contributed by atoms with Gasteiger partial charge < -0.3 is 20.5 Å². The molecule has 1 aromatic carbocycles. The Morgan fingerprint density at radius 1 is 1.26 bits per heavy atom. The second kappa shape index (κ2) is 13.1. The van der Waals surface area contributed by atoms with Crippen LogP contribution in [0.1, 0.15) is 63.9 Å². The summed E-state index contributed by atoms with van der Waals surface area (Å²) in [6.07, 6.45) is 0.869. The zero-order chi connectivity index (χ0) is 28.9. The van der Waals surface area contributed by atoms with E-state index in [4.69, 9.17) is 26.8 Å². The fourth-order valence-corrected chi connectivity index (χ4v) is 5.54. The maximum absolute atomic E-state index is 12.9. The second-order valence-electron chi connectivity index (χ2n) is 8.83. The van der Waals surface area contributed by atoms with Gasteiger partial charge in [0, 0.05) is 11.6 Å². The molecule has 0 bridgehead atoms. The number of esters is 1. The van der Waals surface area contributed by atoms with E-state index in [1.54, 1.807) is 39.0 Å². The van der Waals surface area contributed by atoms with Crippen LogP contribution in [0.2, 0.25) is 5.02 Å². The van der Waals surface area contributed by atoms with E-state index < -0.39 is 23.9 Å². The van der Waals surface area contributed by atoms with Crippen LogP contribution in [0.15, 0.2) is 36.0 Å². The molecule has 2 heterocycles. The Hall–Kier alpha value is -3.35. The van der Waals surface area contributed by atoms with Crippen LogP contribution in [0.4, 0.5) is 5.00 Å². The lowest BCUT2D eigenvalue weighted by Crippen LogP contribution is -2.18. The van der Waals surface area contributed by atoms with Crippen molar-refractivity contribution < 1.29 is 23.9 Å². The van der Waals surface area contributed by atoms with Gasteiger partial charge in [-0.1, -0.05) is 29.4 Å². The first-order valence-corrected chi connectivity index (χ1v) is 14.1. The number of anilines is 1. The number of allylic oxidation sites excluding steroid dienone is 1. The monoisotopic (exact) mass is 591 g/mol. The SMILES string of the molecule is C=CCn1c(SCC(=O)Nc2sc(C(N)=O)c(C)c2C(=O)OC(C)C)nnc1C(C)Oc1ccc(Cl)c(C)c1. The summed E-state index contributed by atoms with van der Waals surface area (Å²) in [5.74, 6) is -0.590. The highest BCUT2D eigenvalue weighted by atomic mass is 35.5. The highest BCUT2D eigenvalue weighted by Gasteiger charge is 2.27. The Balaban J connectivity index is 1.75. The molecule has 0 aliphatic heterocycles. The van der Waals surface area contributed by atoms with E-state index in [-0.39, 0.29) is 27.3 Å². The van der Waals surface area contributed by atoms with Crippen LogP contribution in [0, 0.1) is 13.8 Å². The lowest BCUT2D eigenvalue weighted by atomic mass is 10.1. The normalized spacial score (nSPS) is 11.8. The molecule has 2 amide bonds. The Bertz CT molecular complexity index is 1400. The molecule has 0 aliphatic carbocycles. The summed E-state index contributed by atoms with van der Waals surface area (Å²) >= 11 is 8.20. The Labute approximate surface area is 239 Å². The predicted octanol–water partition coefficient (Wildman–Crippen LogP) is 5.33. The number of aryl methyl sites for hydroxylation is 1. The van der Waals surface area contributed by atoms with E-state index in [1.807, 2.05) is 24.5 Å². The summed E-state index contributed by atoms with van der Waals surface area (Å²) in [7, 11) is 0. The molecule has 3 N–H and O–H groups in total. The topological polar surface area (TPSA) is 138 Å². The first-order chi connectivity index (χ1) is 18.4. The van der Waals surface area contributed by atoms with Crippen molar-refractivity contribution in [3.05, 3.63) is 63.3 Å². The number of rotatable bonds is 12. The minimum absolute atomic E-state index is 0.0393. The summed E-state index contributed by atoms with van der Waals surface area (Å²) in [6, 6.07) is 5.39.